The van der Waals surface area contributed by atoms with Crippen LogP contribution in [0.15, 0.2) is 0 Å². The Balaban J connectivity index is 1.96. The normalized spacial score (nSPS) is 34.1. The largest absolute Gasteiger partial charge is 0.480 e. The summed E-state index contributed by atoms with van der Waals surface area (Å²) in [4.78, 5) is 24.4. The van der Waals surface area contributed by atoms with E-state index in [-0.39, 0.29) is 5.91 Å². The molecule has 1 aliphatic heterocycles. The van der Waals surface area contributed by atoms with Gasteiger partial charge in [0.2, 0.25) is 5.91 Å². The first-order valence-electron chi connectivity index (χ1n) is 6.60. The Kier molecular flexibility index (Phi) is 3.69. The molecule has 2 aliphatic rings. The third-order valence-electron chi connectivity index (χ3n) is 4.11. The highest BCUT2D eigenvalue weighted by molar-refractivity contribution is 5.87. The maximum atomic E-state index is 11.7. The number of aliphatic carboxylic acids is 1. The van der Waals surface area contributed by atoms with Crippen molar-refractivity contribution in [2.75, 3.05) is 6.54 Å². The van der Waals surface area contributed by atoms with Crippen LogP contribution in [-0.4, -0.2) is 34.5 Å². The Morgan fingerprint density at radius 1 is 1.41 bits per heavy atom. The van der Waals surface area contributed by atoms with E-state index in [4.69, 9.17) is 5.11 Å². The van der Waals surface area contributed by atoms with Crippen LogP contribution in [0, 0.1) is 11.8 Å². The van der Waals surface area contributed by atoms with Crippen molar-refractivity contribution < 1.29 is 14.7 Å². The van der Waals surface area contributed by atoms with E-state index in [2.05, 4.69) is 6.92 Å². The molecule has 0 aromatic heterocycles. The van der Waals surface area contributed by atoms with Crippen LogP contribution in [0.3, 0.4) is 0 Å². The summed E-state index contributed by atoms with van der Waals surface area (Å²) in [6, 6.07) is -0.570. The molecule has 0 aromatic rings. The summed E-state index contributed by atoms with van der Waals surface area (Å²) in [6.45, 7) is 2.90. The lowest BCUT2D eigenvalue weighted by atomic mass is 9.82. The predicted molar refractivity (Wildman–Crippen MR) is 63.5 cm³/mol. The topological polar surface area (TPSA) is 57.6 Å². The zero-order valence-electron chi connectivity index (χ0n) is 10.4. The lowest BCUT2D eigenvalue weighted by Crippen LogP contribution is -2.42. The van der Waals surface area contributed by atoms with Crippen molar-refractivity contribution in [3.63, 3.8) is 0 Å². The molecule has 0 bridgehead atoms. The Hall–Kier alpha value is -1.06. The fourth-order valence-corrected chi connectivity index (χ4v) is 3.22. The van der Waals surface area contributed by atoms with Crippen LogP contribution >= 0.6 is 0 Å². The number of likely N-dealkylation sites (tertiary alicyclic amines) is 1. The monoisotopic (exact) mass is 239 g/mol. The van der Waals surface area contributed by atoms with Crippen LogP contribution in [0.1, 0.15) is 45.4 Å². The molecule has 0 radical (unpaired) electrons. The highest BCUT2D eigenvalue weighted by Crippen LogP contribution is 2.31. The van der Waals surface area contributed by atoms with Gasteiger partial charge < -0.3 is 10.0 Å². The molecule has 3 atom stereocenters. The van der Waals surface area contributed by atoms with E-state index >= 15 is 0 Å². The van der Waals surface area contributed by atoms with E-state index in [9.17, 15) is 9.59 Å². The summed E-state index contributed by atoms with van der Waals surface area (Å²) in [6.07, 6.45) is 5.64. The molecule has 1 saturated heterocycles. The lowest BCUT2D eigenvalue weighted by molar-refractivity contribution is -0.146. The number of carbonyl (C=O) groups excluding carboxylic acids is 1. The van der Waals surface area contributed by atoms with E-state index < -0.39 is 12.0 Å². The van der Waals surface area contributed by atoms with Crippen LogP contribution in [0.2, 0.25) is 0 Å². The van der Waals surface area contributed by atoms with Crippen LogP contribution in [-0.2, 0) is 9.59 Å². The number of amides is 1. The van der Waals surface area contributed by atoms with Crippen molar-refractivity contribution in [2.45, 2.75) is 51.5 Å². The summed E-state index contributed by atoms with van der Waals surface area (Å²) in [5.74, 6) is 0.396. The molecular formula is C13H21NO3. The van der Waals surface area contributed by atoms with Crippen molar-refractivity contribution in [1.82, 2.24) is 4.90 Å². The van der Waals surface area contributed by atoms with Gasteiger partial charge in [0.05, 0.1) is 0 Å². The van der Waals surface area contributed by atoms with E-state index in [0.29, 0.717) is 25.3 Å². The van der Waals surface area contributed by atoms with E-state index in [1.165, 1.54) is 12.8 Å². The Morgan fingerprint density at radius 2 is 2.18 bits per heavy atom. The summed E-state index contributed by atoms with van der Waals surface area (Å²) in [5, 5.41) is 9.09. The number of rotatable bonds is 3. The highest BCUT2D eigenvalue weighted by Gasteiger charge is 2.37. The van der Waals surface area contributed by atoms with Crippen LogP contribution in [0.25, 0.3) is 0 Å². The standard InChI is InChI=1S/C13H21NO3/c1-9-3-2-4-10(7-9)8-14-11(13(16)17)5-6-12(14)15/h9-11H,2-8H2,1H3,(H,16,17). The second kappa shape index (κ2) is 5.07. The van der Waals surface area contributed by atoms with E-state index in [1.54, 1.807) is 4.90 Å². The first-order valence-corrected chi connectivity index (χ1v) is 6.60. The van der Waals surface area contributed by atoms with Crippen molar-refractivity contribution in [3.05, 3.63) is 0 Å². The minimum absolute atomic E-state index is 0.0237. The average Bonchev–Trinajstić information content (AvgIpc) is 2.61. The third kappa shape index (κ3) is 2.79. The SMILES string of the molecule is CC1CCCC(CN2C(=O)CCC2C(=O)O)C1. The van der Waals surface area contributed by atoms with Gasteiger partial charge in [-0.15, -0.1) is 0 Å². The molecule has 17 heavy (non-hydrogen) atoms. The molecule has 3 unspecified atom stereocenters. The molecule has 2 rings (SSSR count). The van der Waals surface area contributed by atoms with Gasteiger partial charge in [-0.1, -0.05) is 19.8 Å². The first-order chi connectivity index (χ1) is 8.08. The van der Waals surface area contributed by atoms with Crippen molar-refractivity contribution in [1.29, 1.82) is 0 Å². The van der Waals surface area contributed by atoms with Crippen molar-refractivity contribution >= 4 is 11.9 Å². The summed E-state index contributed by atoms with van der Waals surface area (Å²) in [7, 11) is 0. The number of nitrogens with zero attached hydrogens (tertiary/aromatic N) is 1. The number of carbonyl (C=O) groups is 2. The van der Waals surface area contributed by atoms with Crippen LogP contribution < -0.4 is 0 Å². The molecule has 1 amide bonds. The number of carboxylic acid groups (broad SMARTS) is 1. The van der Waals surface area contributed by atoms with Gasteiger partial charge in [-0.05, 0) is 31.1 Å². The van der Waals surface area contributed by atoms with Crippen LogP contribution in [0.5, 0.6) is 0 Å². The van der Waals surface area contributed by atoms with Gasteiger partial charge in [-0.3, -0.25) is 4.79 Å². The molecule has 0 aromatic carbocycles. The summed E-state index contributed by atoms with van der Waals surface area (Å²) < 4.78 is 0. The lowest BCUT2D eigenvalue weighted by Gasteiger charge is -2.31. The molecule has 1 N–H and O–H groups in total. The molecular weight excluding hydrogens is 218 g/mol. The third-order valence-corrected chi connectivity index (χ3v) is 4.11. The Labute approximate surface area is 102 Å². The zero-order chi connectivity index (χ0) is 12.4. The molecule has 4 heteroatoms. The molecule has 2 fully saturated rings. The molecule has 0 spiro atoms. The molecule has 1 heterocycles. The Morgan fingerprint density at radius 3 is 2.82 bits per heavy atom. The molecule has 1 aliphatic carbocycles. The summed E-state index contributed by atoms with van der Waals surface area (Å²) >= 11 is 0. The molecule has 96 valence electrons. The van der Waals surface area contributed by atoms with Crippen LogP contribution in [0.4, 0.5) is 0 Å². The molecule has 4 nitrogen and oxygen atoms in total. The summed E-state index contributed by atoms with van der Waals surface area (Å²) in [5.41, 5.74) is 0. The van der Waals surface area contributed by atoms with Gasteiger partial charge in [0.25, 0.3) is 0 Å². The minimum atomic E-state index is -0.847. The second-order valence-electron chi connectivity index (χ2n) is 5.58. The fraction of sp³-hybridized carbons (Fsp3) is 0.846. The number of hydrogen-bond donors (Lipinski definition) is 1. The second-order valence-corrected chi connectivity index (χ2v) is 5.58. The number of hydrogen-bond acceptors (Lipinski definition) is 2. The van der Waals surface area contributed by atoms with Gasteiger partial charge in [0, 0.05) is 13.0 Å². The average molecular weight is 239 g/mol. The van der Waals surface area contributed by atoms with E-state index in [1.807, 2.05) is 0 Å². The predicted octanol–water partition coefficient (Wildman–Crippen LogP) is 1.89. The van der Waals surface area contributed by atoms with Gasteiger partial charge in [-0.25, -0.2) is 4.79 Å². The highest BCUT2D eigenvalue weighted by atomic mass is 16.4. The van der Waals surface area contributed by atoms with Gasteiger partial charge in [0.1, 0.15) is 6.04 Å². The number of carboxylic acids is 1. The van der Waals surface area contributed by atoms with E-state index in [0.717, 1.165) is 18.8 Å². The quantitative estimate of drug-likeness (QED) is 0.818. The smallest absolute Gasteiger partial charge is 0.326 e. The zero-order valence-corrected chi connectivity index (χ0v) is 10.4. The maximum Gasteiger partial charge on any atom is 0.326 e. The van der Waals surface area contributed by atoms with Gasteiger partial charge in [0.15, 0.2) is 0 Å². The first kappa shape index (κ1) is 12.4. The Bertz CT molecular complexity index is 316. The molecule has 1 saturated carbocycles. The van der Waals surface area contributed by atoms with Crippen molar-refractivity contribution in [3.8, 4) is 0 Å². The minimum Gasteiger partial charge on any atom is -0.480 e. The maximum absolute atomic E-state index is 11.7. The fourth-order valence-electron chi connectivity index (χ4n) is 3.22. The van der Waals surface area contributed by atoms with Gasteiger partial charge in [-0.2, -0.15) is 0 Å². The van der Waals surface area contributed by atoms with Gasteiger partial charge >= 0.3 is 5.97 Å². The van der Waals surface area contributed by atoms with Crippen molar-refractivity contribution in [2.24, 2.45) is 11.8 Å².